The molecule has 100 valence electrons. The molecular weight excluding hydrogens is 222 g/mol. The highest BCUT2D eigenvalue weighted by Crippen LogP contribution is 2.14. The van der Waals surface area contributed by atoms with Crippen LogP contribution in [-0.4, -0.2) is 34.1 Å². The van der Waals surface area contributed by atoms with Gasteiger partial charge in [-0.2, -0.15) is 0 Å². The summed E-state index contributed by atoms with van der Waals surface area (Å²) in [5.74, 6) is -1.45. The van der Waals surface area contributed by atoms with Gasteiger partial charge < -0.3 is 15.9 Å². The molecule has 0 aromatic carbocycles. The Morgan fingerprint density at radius 1 is 1.35 bits per heavy atom. The third-order valence-electron chi connectivity index (χ3n) is 3.18. The number of aliphatic hydroxyl groups excluding tert-OH is 1. The monoisotopic (exact) mass is 245 g/mol. The minimum atomic E-state index is -2.13. The molecule has 0 bridgehead atoms. The Morgan fingerprint density at radius 3 is 2.35 bits per heavy atom. The van der Waals surface area contributed by atoms with E-state index in [1.807, 2.05) is 0 Å². The van der Waals surface area contributed by atoms with Crippen molar-refractivity contribution in [3.05, 3.63) is 0 Å². The Kier molecular flexibility index (Phi) is 6.99. The van der Waals surface area contributed by atoms with Gasteiger partial charge in [-0.1, -0.05) is 33.1 Å². The van der Waals surface area contributed by atoms with Crippen LogP contribution in [0.5, 0.6) is 0 Å². The lowest BCUT2D eigenvalue weighted by Gasteiger charge is -2.20. The molecule has 5 heteroatoms. The van der Waals surface area contributed by atoms with Gasteiger partial charge in [-0.05, 0) is 12.3 Å². The van der Waals surface area contributed by atoms with Crippen LogP contribution >= 0.6 is 0 Å². The molecule has 0 aliphatic rings. The number of rotatable bonds is 9. The Bertz CT molecular complexity index is 267. The van der Waals surface area contributed by atoms with Gasteiger partial charge in [0, 0.05) is 6.42 Å². The van der Waals surface area contributed by atoms with Gasteiger partial charge in [-0.3, -0.25) is 4.79 Å². The van der Waals surface area contributed by atoms with E-state index >= 15 is 0 Å². The van der Waals surface area contributed by atoms with Crippen molar-refractivity contribution in [2.45, 2.75) is 51.5 Å². The van der Waals surface area contributed by atoms with Crippen molar-refractivity contribution in [2.75, 3.05) is 6.61 Å². The first-order valence-corrected chi connectivity index (χ1v) is 6.04. The van der Waals surface area contributed by atoms with Gasteiger partial charge in [-0.25, -0.2) is 4.79 Å². The molecule has 0 aliphatic carbocycles. The number of carboxylic acids is 1. The summed E-state index contributed by atoms with van der Waals surface area (Å²) in [6.45, 7) is 3.39. The molecule has 0 heterocycles. The van der Waals surface area contributed by atoms with Crippen LogP contribution in [0.2, 0.25) is 0 Å². The summed E-state index contributed by atoms with van der Waals surface area (Å²) in [6.07, 6.45) is 3.73. The second-order valence-electron chi connectivity index (χ2n) is 4.62. The topological polar surface area (TPSA) is 101 Å². The maximum atomic E-state index is 11.6. The van der Waals surface area contributed by atoms with Gasteiger partial charge in [-0.15, -0.1) is 0 Å². The first-order chi connectivity index (χ1) is 7.88. The predicted molar refractivity (Wildman–Crippen MR) is 64.6 cm³/mol. The maximum Gasteiger partial charge on any atom is 0.333 e. The molecule has 0 rings (SSSR count). The van der Waals surface area contributed by atoms with Crippen molar-refractivity contribution >= 4 is 11.8 Å². The number of carboxylic acid groups (broad SMARTS) is 1. The Balaban J connectivity index is 4.05. The molecule has 0 radical (unpaired) electrons. The number of ketones is 1. The summed E-state index contributed by atoms with van der Waals surface area (Å²) >= 11 is 0. The Hall–Kier alpha value is -0.940. The first-order valence-electron chi connectivity index (χ1n) is 6.04. The van der Waals surface area contributed by atoms with E-state index in [9.17, 15) is 9.59 Å². The lowest BCUT2D eigenvalue weighted by atomic mass is 9.91. The van der Waals surface area contributed by atoms with E-state index in [4.69, 9.17) is 15.9 Å². The van der Waals surface area contributed by atoms with Crippen molar-refractivity contribution in [1.29, 1.82) is 0 Å². The fraction of sp³-hybridized carbons (Fsp3) is 0.833. The molecule has 0 aliphatic heterocycles. The maximum absolute atomic E-state index is 11.6. The van der Waals surface area contributed by atoms with E-state index in [0.717, 1.165) is 19.3 Å². The van der Waals surface area contributed by atoms with Crippen LogP contribution in [0.15, 0.2) is 0 Å². The summed E-state index contributed by atoms with van der Waals surface area (Å²) in [4.78, 5) is 22.4. The Labute approximate surface area is 102 Å². The highest BCUT2D eigenvalue weighted by Gasteiger charge is 2.40. The van der Waals surface area contributed by atoms with Crippen molar-refractivity contribution < 1.29 is 19.8 Å². The Morgan fingerprint density at radius 2 is 1.94 bits per heavy atom. The molecular formula is C12H23NO4. The lowest BCUT2D eigenvalue weighted by Crippen LogP contribution is -2.57. The number of carbonyl (C=O) groups excluding carboxylic acids is 1. The average molecular weight is 245 g/mol. The number of aliphatic hydroxyl groups is 1. The van der Waals surface area contributed by atoms with E-state index in [1.54, 1.807) is 0 Å². The van der Waals surface area contributed by atoms with E-state index in [1.165, 1.54) is 0 Å². The van der Waals surface area contributed by atoms with E-state index < -0.39 is 23.9 Å². The fourth-order valence-corrected chi connectivity index (χ4v) is 1.48. The van der Waals surface area contributed by atoms with Gasteiger partial charge in [0.05, 0.1) is 6.61 Å². The minimum Gasteiger partial charge on any atom is -0.479 e. The molecule has 0 fully saturated rings. The number of Topliss-reactive ketones (excluding diaryl/α,β-unsaturated/α-hetero) is 1. The molecule has 0 saturated heterocycles. The number of aliphatic carboxylic acids is 1. The van der Waals surface area contributed by atoms with Gasteiger partial charge in [0.2, 0.25) is 0 Å². The standard InChI is InChI=1S/C12H23NO4/c1-3-9(2)6-4-5-7-10(15)12(13,8-14)11(16)17/h9,14H,3-8,13H2,1-2H3,(H,16,17)/t9-,12?/m0/s1. The summed E-state index contributed by atoms with van der Waals surface area (Å²) in [7, 11) is 0. The number of hydrogen-bond acceptors (Lipinski definition) is 4. The first kappa shape index (κ1) is 16.1. The number of carbonyl (C=O) groups is 2. The van der Waals surface area contributed by atoms with Crippen LogP contribution in [0.3, 0.4) is 0 Å². The lowest BCUT2D eigenvalue weighted by molar-refractivity contribution is -0.150. The summed E-state index contributed by atoms with van der Waals surface area (Å²) in [6, 6.07) is 0. The third kappa shape index (κ3) is 4.83. The van der Waals surface area contributed by atoms with Crippen LogP contribution in [0.4, 0.5) is 0 Å². The predicted octanol–water partition coefficient (Wildman–Crippen LogP) is 0.936. The normalized spacial score (nSPS) is 16.2. The van der Waals surface area contributed by atoms with Crippen LogP contribution in [0.1, 0.15) is 46.0 Å². The second kappa shape index (κ2) is 7.40. The van der Waals surface area contributed by atoms with Crippen LogP contribution in [-0.2, 0) is 9.59 Å². The smallest absolute Gasteiger partial charge is 0.333 e. The highest BCUT2D eigenvalue weighted by atomic mass is 16.4. The molecule has 0 saturated carbocycles. The van der Waals surface area contributed by atoms with Gasteiger partial charge in [0.15, 0.2) is 11.3 Å². The van der Waals surface area contributed by atoms with Crippen molar-refractivity contribution in [3.8, 4) is 0 Å². The zero-order valence-electron chi connectivity index (χ0n) is 10.6. The van der Waals surface area contributed by atoms with Gasteiger partial charge >= 0.3 is 5.97 Å². The molecule has 2 atom stereocenters. The molecule has 5 nitrogen and oxygen atoms in total. The molecule has 0 aromatic rings. The van der Waals surface area contributed by atoms with Crippen molar-refractivity contribution in [2.24, 2.45) is 11.7 Å². The number of unbranched alkanes of at least 4 members (excludes halogenated alkanes) is 1. The molecule has 17 heavy (non-hydrogen) atoms. The number of nitrogens with two attached hydrogens (primary N) is 1. The fourth-order valence-electron chi connectivity index (χ4n) is 1.48. The molecule has 0 spiro atoms. The minimum absolute atomic E-state index is 0.111. The van der Waals surface area contributed by atoms with Gasteiger partial charge in [0.25, 0.3) is 0 Å². The van der Waals surface area contributed by atoms with E-state index in [-0.39, 0.29) is 6.42 Å². The summed E-state index contributed by atoms with van der Waals surface area (Å²) < 4.78 is 0. The van der Waals surface area contributed by atoms with E-state index in [2.05, 4.69) is 13.8 Å². The zero-order chi connectivity index (χ0) is 13.5. The van der Waals surface area contributed by atoms with E-state index in [0.29, 0.717) is 12.3 Å². The SMILES string of the molecule is CC[C@H](C)CCCCC(=O)C(N)(CO)C(=O)O. The molecule has 1 unspecified atom stereocenters. The van der Waals surface area contributed by atoms with Crippen LogP contribution in [0.25, 0.3) is 0 Å². The number of hydrogen-bond donors (Lipinski definition) is 3. The van der Waals surface area contributed by atoms with Crippen LogP contribution in [0, 0.1) is 5.92 Å². The van der Waals surface area contributed by atoms with Crippen molar-refractivity contribution in [3.63, 3.8) is 0 Å². The third-order valence-corrected chi connectivity index (χ3v) is 3.18. The average Bonchev–Trinajstić information content (AvgIpc) is 2.32. The van der Waals surface area contributed by atoms with Crippen LogP contribution < -0.4 is 5.73 Å². The van der Waals surface area contributed by atoms with Gasteiger partial charge in [0.1, 0.15) is 0 Å². The highest BCUT2D eigenvalue weighted by molar-refractivity contribution is 6.07. The second-order valence-corrected chi connectivity index (χ2v) is 4.62. The molecule has 0 aromatic heterocycles. The molecule has 4 N–H and O–H groups in total. The largest absolute Gasteiger partial charge is 0.479 e. The summed E-state index contributed by atoms with van der Waals surface area (Å²) in [5.41, 5.74) is 3.22. The van der Waals surface area contributed by atoms with Crippen molar-refractivity contribution in [1.82, 2.24) is 0 Å². The molecule has 0 amide bonds. The summed E-state index contributed by atoms with van der Waals surface area (Å²) in [5, 5.41) is 17.7. The quantitative estimate of drug-likeness (QED) is 0.414. The zero-order valence-corrected chi connectivity index (χ0v) is 10.6.